The molecule has 0 amide bonds. The minimum Gasteiger partial charge on any atom is -0.467 e. The summed E-state index contributed by atoms with van der Waals surface area (Å²) in [7, 11) is 0. The number of benzene rings is 1. The van der Waals surface area contributed by atoms with Gasteiger partial charge in [-0.1, -0.05) is 0 Å². The molecule has 1 aromatic carbocycles. The molecule has 0 aliphatic rings. The highest BCUT2D eigenvalue weighted by Crippen LogP contribution is 2.33. The molecule has 2 aromatic heterocycles. The maximum absolute atomic E-state index is 13.9. The van der Waals surface area contributed by atoms with E-state index in [1.807, 2.05) is 30.5 Å². The summed E-state index contributed by atoms with van der Waals surface area (Å²) in [4.78, 5) is 4.54. The van der Waals surface area contributed by atoms with Gasteiger partial charge in [0.2, 0.25) is 0 Å². The molecule has 0 bridgehead atoms. The first kappa shape index (κ1) is 14.6. The third-order valence-electron chi connectivity index (χ3n) is 3.46. The van der Waals surface area contributed by atoms with Gasteiger partial charge in [-0.2, -0.15) is 0 Å². The van der Waals surface area contributed by atoms with Crippen molar-refractivity contribution in [1.29, 1.82) is 0 Å². The standard InChI is InChI=1S/C15H13BrClFN2O/c1-8(17)15-19-12-6-10(16)11(18)7-13(12)20(15)9(2)14-4-3-5-21-14/h3-9H,1-2H3. The number of alkyl halides is 1. The number of nitrogens with zero attached hydrogens (tertiary/aromatic N) is 2. The van der Waals surface area contributed by atoms with Gasteiger partial charge in [0.05, 0.1) is 33.2 Å². The van der Waals surface area contributed by atoms with Crippen molar-refractivity contribution in [1.82, 2.24) is 9.55 Å². The first-order valence-corrected chi connectivity index (χ1v) is 7.76. The van der Waals surface area contributed by atoms with Crippen molar-refractivity contribution >= 4 is 38.6 Å². The smallest absolute Gasteiger partial charge is 0.139 e. The Balaban J connectivity index is 2.27. The lowest BCUT2D eigenvalue weighted by Gasteiger charge is -2.16. The van der Waals surface area contributed by atoms with Crippen LogP contribution in [0.2, 0.25) is 0 Å². The lowest BCUT2D eigenvalue weighted by molar-refractivity contribution is 0.444. The van der Waals surface area contributed by atoms with E-state index in [-0.39, 0.29) is 17.2 Å². The molecule has 0 N–H and O–H groups in total. The SMILES string of the molecule is CC(Cl)c1nc2cc(Br)c(F)cc2n1C(C)c1ccco1. The third-order valence-corrected chi connectivity index (χ3v) is 4.26. The topological polar surface area (TPSA) is 31.0 Å². The minimum atomic E-state index is -0.330. The van der Waals surface area contributed by atoms with Gasteiger partial charge >= 0.3 is 0 Å². The van der Waals surface area contributed by atoms with Gasteiger partial charge in [-0.15, -0.1) is 11.6 Å². The zero-order chi connectivity index (χ0) is 15.1. The van der Waals surface area contributed by atoms with Gasteiger partial charge in [0.15, 0.2) is 0 Å². The van der Waals surface area contributed by atoms with E-state index in [1.165, 1.54) is 6.07 Å². The second-order valence-electron chi connectivity index (χ2n) is 4.90. The Kier molecular flexibility index (Phi) is 3.80. The Morgan fingerprint density at radius 1 is 1.38 bits per heavy atom. The van der Waals surface area contributed by atoms with Gasteiger partial charge in [-0.25, -0.2) is 9.37 Å². The van der Waals surface area contributed by atoms with Crippen molar-refractivity contribution in [3.8, 4) is 0 Å². The average Bonchev–Trinajstić information content (AvgIpc) is 3.06. The number of imidazole rings is 1. The Labute approximate surface area is 134 Å². The molecule has 110 valence electrons. The molecule has 0 aliphatic carbocycles. The average molecular weight is 372 g/mol. The number of fused-ring (bicyclic) bond motifs is 1. The van der Waals surface area contributed by atoms with Gasteiger partial charge < -0.3 is 8.98 Å². The van der Waals surface area contributed by atoms with E-state index in [0.717, 1.165) is 5.76 Å². The maximum Gasteiger partial charge on any atom is 0.139 e. The fraction of sp³-hybridized carbons (Fsp3) is 0.267. The van der Waals surface area contributed by atoms with Crippen molar-refractivity contribution < 1.29 is 8.81 Å². The lowest BCUT2D eigenvalue weighted by atomic mass is 10.2. The predicted octanol–water partition coefficient (Wildman–Crippen LogP) is 5.44. The van der Waals surface area contributed by atoms with Crippen LogP contribution in [0.1, 0.15) is 36.9 Å². The predicted molar refractivity (Wildman–Crippen MR) is 84.2 cm³/mol. The van der Waals surface area contributed by atoms with Crippen molar-refractivity contribution in [3.63, 3.8) is 0 Å². The highest BCUT2D eigenvalue weighted by atomic mass is 79.9. The molecule has 0 aliphatic heterocycles. The zero-order valence-electron chi connectivity index (χ0n) is 11.5. The second kappa shape index (κ2) is 5.46. The highest BCUT2D eigenvalue weighted by molar-refractivity contribution is 9.10. The summed E-state index contributed by atoms with van der Waals surface area (Å²) in [5, 5.41) is -0.295. The lowest BCUT2D eigenvalue weighted by Crippen LogP contribution is -2.10. The molecule has 3 aromatic rings. The highest BCUT2D eigenvalue weighted by Gasteiger charge is 2.22. The molecule has 0 saturated heterocycles. The summed E-state index contributed by atoms with van der Waals surface area (Å²) in [6, 6.07) is 6.72. The summed E-state index contributed by atoms with van der Waals surface area (Å²) in [6.07, 6.45) is 1.62. The number of rotatable bonds is 3. The Morgan fingerprint density at radius 3 is 2.76 bits per heavy atom. The van der Waals surface area contributed by atoms with E-state index in [4.69, 9.17) is 16.0 Å². The molecule has 0 spiro atoms. The number of hydrogen-bond donors (Lipinski definition) is 0. The third kappa shape index (κ3) is 2.49. The van der Waals surface area contributed by atoms with Crippen LogP contribution < -0.4 is 0 Å². The van der Waals surface area contributed by atoms with Crippen LogP contribution in [0.3, 0.4) is 0 Å². The molecule has 2 atom stereocenters. The van der Waals surface area contributed by atoms with Crippen molar-refractivity contribution in [3.05, 3.63) is 52.4 Å². The largest absolute Gasteiger partial charge is 0.467 e. The van der Waals surface area contributed by atoms with Crippen LogP contribution >= 0.6 is 27.5 Å². The normalized spacial score (nSPS) is 14.5. The first-order valence-electron chi connectivity index (χ1n) is 6.53. The molecule has 0 saturated carbocycles. The maximum atomic E-state index is 13.9. The summed E-state index contributed by atoms with van der Waals surface area (Å²) < 4.78 is 21.7. The van der Waals surface area contributed by atoms with Gasteiger partial charge in [-0.3, -0.25) is 0 Å². The van der Waals surface area contributed by atoms with E-state index in [9.17, 15) is 4.39 Å². The summed E-state index contributed by atoms with van der Waals surface area (Å²) in [5.41, 5.74) is 1.39. The summed E-state index contributed by atoms with van der Waals surface area (Å²) in [5.74, 6) is 1.13. The van der Waals surface area contributed by atoms with E-state index >= 15 is 0 Å². The number of halogens is 3. The van der Waals surface area contributed by atoms with E-state index in [2.05, 4.69) is 20.9 Å². The van der Waals surface area contributed by atoms with E-state index < -0.39 is 0 Å². The summed E-state index contributed by atoms with van der Waals surface area (Å²) >= 11 is 9.43. The minimum absolute atomic E-state index is 0.123. The Bertz CT molecular complexity index is 783. The number of furan rings is 1. The molecule has 0 radical (unpaired) electrons. The van der Waals surface area contributed by atoms with Gasteiger partial charge in [0.1, 0.15) is 17.4 Å². The molecule has 21 heavy (non-hydrogen) atoms. The number of aromatic nitrogens is 2. The monoisotopic (exact) mass is 370 g/mol. The van der Waals surface area contributed by atoms with Crippen molar-refractivity contribution in [2.75, 3.05) is 0 Å². The molecular weight excluding hydrogens is 359 g/mol. The van der Waals surface area contributed by atoms with Gasteiger partial charge in [0.25, 0.3) is 0 Å². The van der Waals surface area contributed by atoms with Crippen LogP contribution in [0.25, 0.3) is 11.0 Å². The first-order chi connectivity index (χ1) is 9.99. The molecule has 0 fully saturated rings. The number of hydrogen-bond acceptors (Lipinski definition) is 2. The summed E-state index contributed by atoms with van der Waals surface area (Å²) in [6.45, 7) is 3.82. The molecule has 2 unspecified atom stereocenters. The quantitative estimate of drug-likeness (QED) is 0.574. The van der Waals surface area contributed by atoms with Crippen LogP contribution in [-0.2, 0) is 0 Å². The fourth-order valence-electron chi connectivity index (χ4n) is 2.45. The van der Waals surface area contributed by atoms with Crippen LogP contribution in [0.4, 0.5) is 4.39 Å². The Morgan fingerprint density at radius 2 is 2.14 bits per heavy atom. The molecule has 3 rings (SSSR count). The van der Waals surface area contributed by atoms with E-state index in [1.54, 1.807) is 12.3 Å². The van der Waals surface area contributed by atoms with Crippen LogP contribution in [0, 0.1) is 5.82 Å². The van der Waals surface area contributed by atoms with E-state index in [0.29, 0.717) is 21.3 Å². The zero-order valence-corrected chi connectivity index (χ0v) is 13.8. The Hall–Kier alpha value is -1.33. The molecule has 3 nitrogen and oxygen atoms in total. The van der Waals surface area contributed by atoms with Crippen LogP contribution in [-0.4, -0.2) is 9.55 Å². The molecule has 2 heterocycles. The second-order valence-corrected chi connectivity index (χ2v) is 6.41. The van der Waals surface area contributed by atoms with Crippen molar-refractivity contribution in [2.24, 2.45) is 0 Å². The van der Waals surface area contributed by atoms with Gasteiger partial charge in [0, 0.05) is 6.07 Å². The van der Waals surface area contributed by atoms with Gasteiger partial charge in [-0.05, 0) is 48.0 Å². The molecule has 6 heteroatoms. The fourth-order valence-corrected chi connectivity index (χ4v) is 2.94. The van der Waals surface area contributed by atoms with Crippen molar-refractivity contribution in [2.45, 2.75) is 25.3 Å². The van der Waals surface area contributed by atoms with Crippen LogP contribution in [0.15, 0.2) is 39.4 Å². The van der Waals surface area contributed by atoms with Crippen LogP contribution in [0.5, 0.6) is 0 Å². The molecular formula is C15H13BrClFN2O.